The summed E-state index contributed by atoms with van der Waals surface area (Å²) in [6, 6.07) is 0. The van der Waals surface area contributed by atoms with Crippen LogP contribution in [0.3, 0.4) is 0 Å². The molecule has 0 aromatic rings. The molecule has 0 amide bonds. The van der Waals surface area contributed by atoms with Crippen LogP contribution in [0.15, 0.2) is 23.8 Å². The van der Waals surface area contributed by atoms with E-state index in [0.717, 1.165) is 18.4 Å². The highest BCUT2D eigenvalue weighted by Crippen LogP contribution is 2.47. The minimum atomic E-state index is -0.539. The van der Waals surface area contributed by atoms with Crippen molar-refractivity contribution < 1.29 is 34.0 Å². The molecule has 196 valence electrons. The van der Waals surface area contributed by atoms with E-state index in [2.05, 4.69) is 52.8 Å². The van der Waals surface area contributed by atoms with Gasteiger partial charge in [0, 0.05) is 25.6 Å². The van der Waals surface area contributed by atoms with Gasteiger partial charge in [-0.15, -0.1) is 0 Å². The van der Waals surface area contributed by atoms with Gasteiger partial charge in [0.2, 0.25) is 0 Å². The van der Waals surface area contributed by atoms with E-state index < -0.39 is 6.10 Å². The number of hydrogen-bond donors (Lipinski definition) is 2. The normalized spacial score (nSPS) is 35.6. The number of aliphatic hydroxyl groups is 2. The molecule has 2 rings (SSSR count). The zero-order valence-corrected chi connectivity index (χ0v) is 22.2. The molecule has 10 atom stereocenters. The van der Waals surface area contributed by atoms with E-state index in [1.165, 1.54) is 7.11 Å². The fraction of sp³-hybridized carbons (Fsp3) is 0.815. The molecule has 0 saturated carbocycles. The Morgan fingerprint density at radius 1 is 1.26 bits per heavy atom. The van der Waals surface area contributed by atoms with Gasteiger partial charge < -0.3 is 29.2 Å². The van der Waals surface area contributed by atoms with Crippen molar-refractivity contribution in [3.05, 3.63) is 23.8 Å². The number of methoxy groups -OCH3 is 2. The van der Waals surface area contributed by atoms with Crippen LogP contribution in [0.4, 0.5) is 0 Å². The molecule has 2 saturated heterocycles. The second-order valence-electron chi connectivity index (χ2n) is 10.7. The molecule has 0 aromatic heterocycles. The molecule has 0 aromatic carbocycles. The first-order valence-electron chi connectivity index (χ1n) is 12.5. The quantitative estimate of drug-likeness (QED) is 0.249. The Morgan fingerprint density at radius 2 is 1.94 bits per heavy atom. The molecule has 1 unspecified atom stereocenters. The lowest BCUT2D eigenvalue weighted by Crippen LogP contribution is -2.43. The van der Waals surface area contributed by atoms with Crippen molar-refractivity contribution in [2.45, 2.75) is 96.9 Å². The highest BCUT2D eigenvalue weighted by molar-refractivity contribution is 5.69. The Morgan fingerprint density at radius 3 is 2.50 bits per heavy atom. The number of hydrogen-bond acceptors (Lipinski definition) is 7. The zero-order chi connectivity index (χ0) is 25.6. The molecule has 2 heterocycles. The number of carbonyl (C=O) groups is 1. The van der Waals surface area contributed by atoms with Gasteiger partial charge >= 0.3 is 5.97 Å². The maximum absolute atomic E-state index is 11.8. The molecule has 7 heteroatoms. The molecule has 2 N–H and O–H groups in total. The molecule has 0 aliphatic carbocycles. The van der Waals surface area contributed by atoms with Crippen molar-refractivity contribution in [1.29, 1.82) is 0 Å². The van der Waals surface area contributed by atoms with Crippen molar-refractivity contribution >= 4 is 5.97 Å². The summed E-state index contributed by atoms with van der Waals surface area (Å²) >= 11 is 0. The maximum atomic E-state index is 11.8. The summed E-state index contributed by atoms with van der Waals surface area (Å²) in [7, 11) is 3.00. The molecule has 34 heavy (non-hydrogen) atoms. The number of esters is 1. The molecular formula is C27H46O7. The third-order valence-electron chi connectivity index (χ3n) is 7.53. The predicted octanol–water partition coefficient (Wildman–Crippen LogP) is 3.67. The van der Waals surface area contributed by atoms with Crippen LogP contribution >= 0.6 is 0 Å². The average Bonchev–Trinajstić information content (AvgIpc) is 3.44. The Labute approximate surface area is 205 Å². The minimum absolute atomic E-state index is 0.00168. The van der Waals surface area contributed by atoms with E-state index in [9.17, 15) is 15.0 Å². The van der Waals surface area contributed by atoms with Gasteiger partial charge in [-0.25, -0.2) is 0 Å². The number of ether oxygens (including phenoxy) is 4. The minimum Gasteiger partial charge on any atom is -0.469 e. The zero-order valence-electron chi connectivity index (χ0n) is 22.2. The lowest BCUT2D eigenvalue weighted by Gasteiger charge is -2.40. The van der Waals surface area contributed by atoms with Crippen LogP contribution in [0, 0.1) is 23.7 Å². The number of allylic oxidation sites excluding steroid dienone is 3. The van der Waals surface area contributed by atoms with E-state index in [1.807, 2.05) is 0 Å². The first-order chi connectivity index (χ1) is 16.0. The van der Waals surface area contributed by atoms with E-state index in [4.69, 9.17) is 18.9 Å². The topological polar surface area (TPSA) is 97.8 Å². The van der Waals surface area contributed by atoms with E-state index in [-0.39, 0.29) is 66.8 Å². The maximum Gasteiger partial charge on any atom is 0.308 e. The summed E-state index contributed by atoms with van der Waals surface area (Å²) < 4.78 is 22.6. The Bertz CT molecular complexity index is 718. The summed E-state index contributed by atoms with van der Waals surface area (Å²) in [6.07, 6.45) is 7.03. The highest BCUT2D eigenvalue weighted by Gasteiger charge is 2.56. The summed E-state index contributed by atoms with van der Waals surface area (Å²) in [6.45, 7) is 12.3. The molecule has 0 bridgehead atoms. The fourth-order valence-electron chi connectivity index (χ4n) is 5.70. The van der Waals surface area contributed by atoms with Gasteiger partial charge in [-0.05, 0) is 51.0 Å². The van der Waals surface area contributed by atoms with Crippen LogP contribution in [-0.2, 0) is 23.7 Å². The van der Waals surface area contributed by atoms with E-state index >= 15 is 0 Å². The Kier molecular flexibility index (Phi) is 10.8. The van der Waals surface area contributed by atoms with Crippen molar-refractivity contribution in [3.8, 4) is 0 Å². The van der Waals surface area contributed by atoms with Gasteiger partial charge in [-0.3, -0.25) is 4.79 Å². The molecule has 0 spiro atoms. The highest BCUT2D eigenvalue weighted by atomic mass is 16.6. The third-order valence-corrected chi connectivity index (χ3v) is 7.53. The standard InChI is InChI=1S/C27H46O7/c1-16(14-27(6)26(34-27)19(4)25(32-8)20(5)29)10-9-11-17(2)24-18(3)12-21(15-28)22(33-24)13-23(30)31-7/h9-11,16,18-22,24-26,28-29H,12-15H2,1-8H3/b10-9+,17-11+/t16-,18+,19-,20-,21+,22+,24-,25?,26-,27-/m1/s1. The van der Waals surface area contributed by atoms with Gasteiger partial charge in [0.25, 0.3) is 0 Å². The van der Waals surface area contributed by atoms with E-state index in [0.29, 0.717) is 5.92 Å². The monoisotopic (exact) mass is 482 g/mol. The lowest BCUT2D eigenvalue weighted by molar-refractivity contribution is -0.153. The number of rotatable bonds is 12. The van der Waals surface area contributed by atoms with Gasteiger partial charge in [0.1, 0.15) is 0 Å². The summed E-state index contributed by atoms with van der Waals surface area (Å²) in [5, 5.41) is 19.7. The summed E-state index contributed by atoms with van der Waals surface area (Å²) in [5.41, 5.74) is 0.886. The predicted molar refractivity (Wildman–Crippen MR) is 131 cm³/mol. The molecule has 2 aliphatic heterocycles. The molecular weight excluding hydrogens is 436 g/mol. The number of epoxide rings is 1. The van der Waals surface area contributed by atoms with Crippen LogP contribution in [0.5, 0.6) is 0 Å². The average molecular weight is 483 g/mol. The van der Waals surface area contributed by atoms with Crippen LogP contribution in [0.1, 0.15) is 60.8 Å². The first kappa shape index (κ1) is 29.0. The second-order valence-corrected chi connectivity index (χ2v) is 10.7. The van der Waals surface area contributed by atoms with Crippen LogP contribution in [0.25, 0.3) is 0 Å². The smallest absolute Gasteiger partial charge is 0.308 e. The Balaban J connectivity index is 1.94. The van der Waals surface area contributed by atoms with Gasteiger partial charge in [0.15, 0.2) is 0 Å². The summed E-state index contributed by atoms with van der Waals surface area (Å²) in [5.74, 6) is 0.292. The van der Waals surface area contributed by atoms with Crippen molar-refractivity contribution in [1.82, 2.24) is 0 Å². The van der Waals surface area contributed by atoms with Gasteiger partial charge in [0.05, 0.1) is 49.7 Å². The van der Waals surface area contributed by atoms with Crippen LogP contribution in [0.2, 0.25) is 0 Å². The largest absolute Gasteiger partial charge is 0.469 e. The van der Waals surface area contributed by atoms with Crippen molar-refractivity contribution in [2.24, 2.45) is 23.7 Å². The van der Waals surface area contributed by atoms with E-state index in [1.54, 1.807) is 14.0 Å². The summed E-state index contributed by atoms with van der Waals surface area (Å²) in [4.78, 5) is 11.8. The SMILES string of the molecule is COC(=O)C[C@@H]1O[C@H](/C(C)=C/C=C/[C@@H](C)C[C@@]2(C)O[C@@H]2[C@H](C)C(OC)[C@@H](C)O)[C@@H](C)C[C@H]1CO. The van der Waals surface area contributed by atoms with Crippen molar-refractivity contribution in [3.63, 3.8) is 0 Å². The molecule has 0 radical (unpaired) electrons. The van der Waals surface area contributed by atoms with Crippen molar-refractivity contribution in [2.75, 3.05) is 20.8 Å². The van der Waals surface area contributed by atoms with Crippen LogP contribution in [-0.4, -0.2) is 73.1 Å². The Hall–Kier alpha value is -1.25. The number of aliphatic hydroxyl groups excluding tert-OH is 2. The number of carbonyl (C=O) groups excluding carboxylic acids is 1. The second kappa shape index (κ2) is 12.6. The lowest BCUT2D eigenvalue weighted by atomic mass is 9.81. The van der Waals surface area contributed by atoms with Gasteiger partial charge in [-0.2, -0.15) is 0 Å². The third kappa shape index (κ3) is 7.37. The molecule has 2 aliphatic rings. The fourth-order valence-corrected chi connectivity index (χ4v) is 5.70. The molecule has 2 fully saturated rings. The first-order valence-corrected chi connectivity index (χ1v) is 12.5. The molecule has 7 nitrogen and oxygen atoms in total. The van der Waals surface area contributed by atoms with Crippen LogP contribution < -0.4 is 0 Å². The van der Waals surface area contributed by atoms with Gasteiger partial charge in [-0.1, -0.05) is 39.0 Å².